The second kappa shape index (κ2) is 4.54. The van der Waals surface area contributed by atoms with Crippen LogP contribution in [0.3, 0.4) is 0 Å². The van der Waals surface area contributed by atoms with Crippen LogP contribution in [0.25, 0.3) is 22.2 Å². The van der Waals surface area contributed by atoms with Crippen LogP contribution in [-0.4, -0.2) is 21.5 Å². The number of fused-ring (bicyclic) bond motifs is 1. The normalized spacial score (nSPS) is 10.6. The first-order valence-corrected chi connectivity index (χ1v) is 5.66. The van der Waals surface area contributed by atoms with E-state index in [-0.39, 0.29) is 11.2 Å². The van der Waals surface area contributed by atoms with Crippen molar-refractivity contribution in [1.29, 1.82) is 0 Å². The maximum atomic E-state index is 10.9. The first kappa shape index (κ1) is 12.0. The van der Waals surface area contributed by atoms with E-state index >= 15 is 0 Å². The summed E-state index contributed by atoms with van der Waals surface area (Å²) < 4.78 is 4.60. The minimum atomic E-state index is -0.536. The largest absolute Gasteiger partial charge is 0.300 e. The molecular formula is C13H7N3O4. The van der Waals surface area contributed by atoms with E-state index in [4.69, 9.17) is 0 Å². The summed E-state index contributed by atoms with van der Waals surface area (Å²) >= 11 is 0. The molecule has 0 saturated carbocycles. The van der Waals surface area contributed by atoms with Gasteiger partial charge in [0.2, 0.25) is 5.52 Å². The zero-order valence-electron chi connectivity index (χ0n) is 10.0. The second-order valence-electron chi connectivity index (χ2n) is 4.09. The summed E-state index contributed by atoms with van der Waals surface area (Å²) in [5.41, 5.74) is 2.24. The monoisotopic (exact) mass is 269 g/mol. The van der Waals surface area contributed by atoms with E-state index in [1.54, 1.807) is 30.3 Å². The summed E-state index contributed by atoms with van der Waals surface area (Å²) in [5.74, 6) is 0. The van der Waals surface area contributed by atoms with Gasteiger partial charge in [0, 0.05) is 17.2 Å². The predicted octanol–water partition coefficient (Wildman–Crippen LogP) is 2.61. The standard InChI is InChI=1S/C13H7N3O4/c17-7-8-1-3-9(4-2-8)10-5-6-11(16(18)19)13-12(10)14-20-15-13/h1-7H. The first-order chi connectivity index (χ1) is 9.70. The van der Waals surface area contributed by atoms with Crippen molar-refractivity contribution < 1.29 is 14.3 Å². The van der Waals surface area contributed by atoms with Gasteiger partial charge in [-0.15, -0.1) is 0 Å². The lowest BCUT2D eigenvalue weighted by Crippen LogP contribution is -1.91. The molecule has 0 atom stereocenters. The molecule has 3 aromatic rings. The Kier molecular flexibility index (Phi) is 2.72. The van der Waals surface area contributed by atoms with Gasteiger partial charge in [0.15, 0.2) is 0 Å². The van der Waals surface area contributed by atoms with Crippen molar-refractivity contribution in [1.82, 2.24) is 10.3 Å². The van der Waals surface area contributed by atoms with Crippen LogP contribution in [0.15, 0.2) is 41.0 Å². The molecule has 0 unspecified atom stereocenters. The van der Waals surface area contributed by atoms with Crippen molar-refractivity contribution in [2.24, 2.45) is 0 Å². The highest BCUT2D eigenvalue weighted by atomic mass is 16.6. The highest BCUT2D eigenvalue weighted by Crippen LogP contribution is 2.32. The van der Waals surface area contributed by atoms with Gasteiger partial charge in [-0.25, -0.2) is 4.63 Å². The van der Waals surface area contributed by atoms with E-state index in [0.29, 0.717) is 16.6 Å². The van der Waals surface area contributed by atoms with Gasteiger partial charge in [0.25, 0.3) is 0 Å². The molecule has 2 aromatic carbocycles. The Morgan fingerprint density at radius 1 is 1.05 bits per heavy atom. The maximum Gasteiger partial charge on any atom is 0.300 e. The smallest absolute Gasteiger partial charge is 0.298 e. The summed E-state index contributed by atoms with van der Waals surface area (Å²) in [4.78, 5) is 21.0. The summed E-state index contributed by atoms with van der Waals surface area (Å²) in [6, 6.07) is 9.72. The molecule has 0 aliphatic rings. The Hall–Kier alpha value is -3.09. The summed E-state index contributed by atoms with van der Waals surface area (Å²) in [7, 11) is 0. The van der Waals surface area contributed by atoms with Crippen molar-refractivity contribution in [2.75, 3.05) is 0 Å². The number of carbonyl (C=O) groups excluding carboxylic acids is 1. The number of nitrogens with zero attached hydrogens (tertiary/aromatic N) is 3. The molecule has 0 radical (unpaired) electrons. The molecule has 98 valence electrons. The third-order valence-electron chi connectivity index (χ3n) is 2.95. The fourth-order valence-corrected chi connectivity index (χ4v) is 1.97. The molecule has 1 aromatic heterocycles. The average Bonchev–Trinajstić information content (AvgIpc) is 2.95. The maximum absolute atomic E-state index is 10.9. The molecule has 1 heterocycles. The fraction of sp³-hybridized carbons (Fsp3) is 0. The van der Waals surface area contributed by atoms with Gasteiger partial charge >= 0.3 is 5.69 Å². The Morgan fingerprint density at radius 3 is 2.40 bits per heavy atom. The zero-order valence-corrected chi connectivity index (χ0v) is 10.0. The van der Waals surface area contributed by atoms with Gasteiger partial charge in [-0.3, -0.25) is 14.9 Å². The highest BCUT2D eigenvalue weighted by Gasteiger charge is 2.20. The third-order valence-corrected chi connectivity index (χ3v) is 2.95. The molecule has 20 heavy (non-hydrogen) atoms. The molecular weight excluding hydrogens is 262 g/mol. The van der Waals surface area contributed by atoms with Crippen LogP contribution in [0.1, 0.15) is 10.4 Å². The number of nitro groups is 1. The quantitative estimate of drug-likeness (QED) is 0.411. The number of rotatable bonds is 3. The molecule has 0 aliphatic heterocycles. The molecule has 0 bridgehead atoms. The van der Waals surface area contributed by atoms with E-state index in [0.717, 1.165) is 11.8 Å². The topological polar surface area (TPSA) is 99.1 Å². The van der Waals surface area contributed by atoms with Gasteiger partial charge in [0.1, 0.15) is 11.8 Å². The SMILES string of the molecule is O=Cc1ccc(-c2ccc([N+](=O)[O-])c3nonc23)cc1. The first-order valence-electron chi connectivity index (χ1n) is 5.66. The van der Waals surface area contributed by atoms with Gasteiger partial charge in [0.05, 0.1) is 4.92 Å². The van der Waals surface area contributed by atoms with Crippen LogP contribution in [0.4, 0.5) is 5.69 Å². The molecule has 0 fully saturated rings. The van der Waals surface area contributed by atoms with Gasteiger partial charge in [-0.1, -0.05) is 24.3 Å². The lowest BCUT2D eigenvalue weighted by Gasteiger charge is -2.02. The third kappa shape index (κ3) is 1.81. The summed E-state index contributed by atoms with van der Waals surface area (Å²) in [6.45, 7) is 0. The van der Waals surface area contributed by atoms with Crippen molar-refractivity contribution in [2.45, 2.75) is 0 Å². The minimum Gasteiger partial charge on any atom is -0.298 e. The van der Waals surface area contributed by atoms with E-state index in [1.165, 1.54) is 6.07 Å². The fourth-order valence-electron chi connectivity index (χ4n) is 1.97. The van der Waals surface area contributed by atoms with Crippen molar-refractivity contribution in [3.63, 3.8) is 0 Å². The Morgan fingerprint density at radius 2 is 1.75 bits per heavy atom. The molecule has 0 spiro atoms. The number of aldehydes is 1. The van der Waals surface area contributed by atoms with Crippen LogP contribution in [0.2, 0.25) is 0 Å². The van der Waals surface area contributed by atoms with Crippen molar-refractivity contribution in [3.05, 3.63) is 52.1 Å². The van der Waals surface area contributed by atoms with Crippen molar-refractivity contribution in [3.8, 4) is 11.1 Å². The van der Waals surface area contributed by atoms with E-state index in [1.807, 2.05) is 0 Å². The van der Waals surface area contributed by atoms with E-state index in [2.05, 4.69) is 14.9 Å². The van der Waals surface area contributed by atoms with Crippen LogP contribution >= 0.6 is 0 Å². The van der Waals surface area contributed by atoms with Crippen molar-refractivity contribution >= 4 is 23.0 Å². The van der Waals surface area contributed by atoms with Crippen LogP contribution in [-0.2, 0) is 0 Å². The molecule has 3 rings (SSSR count). The molecule has 7 nitrogen and oxygen atoms in total. The molecule has 0 aliphatic carbocycles. The summed E-state index contributed by atoms with van der Waals surface area (Å²) in [6.07, 6.45) is 0.743. The van der Waals surface area contributed by atoms with Crippen LogP contribution in [0, 0.1) is 10.1 Å². The minimum absolute atomic E-state index is 0.104. The number of hydrogen-bond donors (Lipinski definition) is 0. The lowest BCUT2D eigenvalue weighted by atomic mass is 10.0. The van der Waals surface area contributed by atoms with E-state index < -0.39 is 4.92 Å². The number of nitro benzene ring substituents is 1. The zero-order chi connectivity index (χ0) is 14.1. The Labute approximate surface area is 111 Å². The molecule has 0 N–H and O–H groups in total. The van der Waals surface area contributed by atoms with Crippen LogP contribution < -0.4 is 0 Å². The van der Waals surface area contributed by atoms with Gasteiger partial charge < -0.3 is 0 Å². The van der Waals surface area contributed by atoms with Gasteiger partial charge in [-0.05, 0) is 21.9 Å². The number of non-ortho nitro benzene ring substituents is 1. The second-order valence-corrected chi connectivity index (χ2v) is 4.09. The highest BCUT2D eigenvalue weighted by molar-refractivity contribution is 5.96. The van der Waals surface area contributed by atoms with E-state index in [9.17, 15) is 14.9 Å². The Bertz CT molecular complexity index is 808. The summed E-state index contributed by atoms with van der Waals surface area (Å²) in [5, 5.41) is 18.2. The lowest BCUT2D eigenvalue weighted by molar-refractivity contribution is -0.383. The van der Waals surface area contributed by atoms with Gasteiger partial charge in [-0.2, -0.15) is 0 Å². The molecule has 0 amide bonds. The number of aromatic nitrogens is 2. The van der Waals surface area contributed by atoms with Crippen LogP contribution in [0.5, 0.6) is 0 Å². The predicted molar refractivity (Wildman–Crippen MR) is 69.3 cm³/mol. The average molecular weight is 269 g/mol. The molecule has 7 heteroatoms. The Balaban J connectivity index is 2.21. The number of benzene rings is 2. The number of hydrogen-bond acceptors (Lipinski definition) is 6. The molecule has 0 saturated heterocycles. The number of carbonyl (C=O) groups is 1.